The molecule has 0 bridgehead atoms. The predicted molar refractivity (Wildman–Crippen MR) is 39.8 cm³/mol. The molecule has 62 valence electrons. The van der Waals surface area contributed by atoms with Gasteiger partial charge in [0.15, 0.2) is 0 Å². The minimum absolute atomic E-state index is 0.169. The van der Waals surface area contributed by atoms with Gasteiger partial charge >= 0.3 is 5.97 Å². The van der Waals surface area contributed by atoms with Crippen molar-refractivity contribution in [2.24, 2.45) is 5.92 Å². The van der Waals surface area contributed by atoms with E-state index in [9.17, 15) is 4.79 Å². The van der Waals surface area contributed by atoms with Gasteiger partial charge in [0, 0.05) is 5.92 Å². The number of carbonyl (C=O) groups is 1. The summed E-state index contributed by atoms with van der Waals surface area (Å²) in [5.41, 5.74) is 0.674. The average molecular weight is 156 g/mol. The topological polar surface area (TPSA) is 35.5 Å². The minimum atomic E-state index is -0.271. The molecule has 0 aromatic heterocycles. The number of rotatable bonds is 1. The Hall–Kier alpha value is -0.990. The maximum absolute atomic E-state index is 11.1. The van der Waals surface area contributed by atoms with Crippen LogP contribution in [0.3, 0.4) is 0 Å². The van der Waals surface area contributed by atoms with Gasteiger partial charge in [-0.05, 0) is 6.92 Å². The summed E-state index contributed by atoms with van der Waals surface area (Å²) in [7, 11) is 1.38. The van der Waals surface area contributed by atoms with Crippen molar-refractivity contribution >= 4 is 5.97 Å². The molecule has 0 radical (unpaired) electrons. The summed E-state index contributed by atoms with van der Waals surface area (Å²) in [6.07, 6.45) is 0. The van der Waals surface area contributed by atoms with Gasteiger partial charge in [-0.25, -0.2) is 4.79 Å². The second kappa shape index (κ2) is 2.95. The van der Waals surface area contributed by atoms with Gasteiger partial charge < -0.3 is 9.47 Å². The third-order valence-electron chi connectivity index (χ3n) is 1.83. The van der Waals surface area contributed by atoms with Gasteiger partial charge in [0.25, 0.3) is 0 Å². The quantitative estimate of drug-likeness (QED) is 0.533. The molecule has 0 saturated carbocycles. The van der Waals surface area contributed by atoms with Gasteiger partial charge in [0.1, 0.15) is 5.76 Å². The van der Waals surface area contributed by atoms with Gasteiger partial charge in [-0.2, -0.15) is 0 Å². The largest absolute Gasteiger partial charge is 0.497 e. The minimum Gasteiger partial charge on any atom is -0.497 e. The van der Waals surface area contributed by atoms with Gasteiger partial charge in [-0.15, -0.1) is 0 Å². The smallest absolute Gasteiger partial charge is 0.337 e. The van der Waals surface area contributed by atoms with Crippen molar-refractivity contribution in [3.05, 3.63) is 11.3 Å². The summed E-state index contributed by atoms with van der Waals surface area (Å²) in [5.74, 6) is 0.597. The first-order valence-corrected chi connectivity index (χ1v) is 3.58. The summed E-state index contributed by atoms with van der Waals surface area (Å²) in [5, 5.41) is 0. The maximum atomic E-state index is 11.1. The molecule has 0 aromatic carbocycles. The van der Waals surface area contributed by atoms with Crippen LogP contribution in [-0.4, -0.2) is 19.7 Å². The molecular weight excluding hydrogens is 144 g/mol. The van der Waals surface area contributed by atoms with E-state index >= 15 is 0 Å². The molecule has 1 aliphatic heterocycles. The molecule has 0 amide bonds. The normalized spacial score (nSPS) is 23.4. The van der Waals surface area contributed by atoms with Crippen molar-refractivity contribution in [1.29, 1.82) is 0 Å². The van der Waals surface area contributed by atoms with Crippen LogP contribution < -0.4 is 0 Å². The van der Waals surface area contributed by atoms with Crippen molar-refractivity contribution < 1.29 is 14.3 Å². The third-order valence-corrected chi connectivity index (χ3v) is 1.83. The van der Waals surface area contributed by atoms with Crippen LogP contribution in [0.25, 0.3) is 0 Å². The van der Waals surface area contributed by atoms with E-state index in [4.69, 9.17) is 4.74 Å². The Morgan fingerprint density at radius 2 is 2.36 bits per heavy atom. The van der Waals surface area contributed by atoms with Gasteiger partial charge in [-0.3, -0.25) is 0 Å². The molecule has 0 N–H and O–H groups in total. The summed E-state index contributed by atoms with van der Waals surface area (Å²) >= 11 is 0. The van der Waals surface area contributed by atoms with Crippen LogP contribution in [0.5, 0.6) is 0 Å². The summed E-state index contributed by atoms with van der Waals surface area (Å²) in [4.78, 5) is 11.1. The summed E-state index contributed by atoms with van der Waals surface area (Å²) in [6.45, 7) is 4.33. The lowest BCUT2D eigenvalue weighted by Gasteiger charge is -2.02. The van der Waals surface area contributed by atoms with Gasteiger partial charge in [0.05, 0.1) is 19.3 Å². The molecule has 11 heavy (non-hydrogen) atoms. The van der Waals surface area contributed by atoms with Crippen LogP contribution in [0.4, 0.5) is 0 Å². The molecule has 1 heterocycles. The molecule has 1 rings (SSSR count). The van der Waals surface area contributed by atoms with Crippen LogP contribution in [0.1, 0.15) is 13.8 Å². The summed E-state index contributed by atoms with van der Waals surface area (Å²) in [6, 6.07) is 0. The zero-order valence-corrected chi connectivity index (χ0v) is 7.01. The van der Waals surface area contributed by atoms with E-state index in [0.717, 1.165) is 0 Å². The number of hydrogen-bond acceptors (Lipinski definition) is 3. The first-order chi connectivity index (χ1) is 5.16. The monoisotopic (exact) mass is 156 g/mol. The van der Waals surface area contributed by atoms with E-state index < -0.39 is 0 Å². The second-order valence-corrected chi connectivity index (χ2v) is 2.67. The van der Waals surface area contributed by atoms with Crippen molar-refractivity contribution in [2.75, 3.05) is 13.7 Å². The summed E-state index contributed by atoms with van der Waals surface area (Å²) < 4.78 is 9.78. The SMILES string of the molecule is COC(=O)C1=C(C)OC[C@@H]1C. The number of carbonyl (C=O) groups excluding carboxylic acids is 1. The van der Waals surface area contributed by atoms with Gasteiger partial charge in [0.2, 0.25) is 0 Å². The van der Waals surface area contributed by atoms with Crippen LogP contribution in [0.15, 0.2) is 11.3 Å². The van der Waals surface area contributed by atoms with Crippen LogP contribution in [-0.2, 0) is 14.3 Å². The Morgan fingerprint density at radius 1 is 1.73 bits per heavy atom. The highest BCUT2D eigenvalue weighted by atomic mass is 16.5. The van der Waals surface area contributed by atoms with E-state index in [2.05, 4.69) is 4.74 Å². The number of methoxy groups -OCH3 is 1. The highest BCUT2D eigenvalue weighted by Gasteiger charge is 2.27. The molecule has 1 aliphatic rings. The van der Waals surface area contributed by atoms with Gasteiger partial charge in [-0.1, -0.05) is 6.92 Å². The Labute approximate surface area is 66.0 Å². The Morgan fingerprint density at radius 3 is 2.73 bits per heavy atom. The fraction of sp³-hybridized carbons (Fsp3) is 0.625. The predicted octanol–water partition coefficient (Wildman–Crippen LogP) is 1.10. The number of hydrogen-bond donors (Lipinski definition) is 0. The lowest BCUT2D eigenvalue weighted by Crippen LogP contribution is -2.10. The zero-order chi connectivity index (χ0) is 8.43. The molecular formula is C8H12O3. The lowest BCUT2D eigenvalue weighted by molar-refractivity contribution is -0.136. The highest BCUT2D eigenvalue weighted by Crippen LogP contribution is 2.25. The fourth-order valence-electron chi connectivity index (χ4n) is 1.21. The molecule has 0 aliphatic carbocycles. The number of esters is 1. The average Bonchev–Trinajstić information content (AvgIpc) is 2.30. The molecule has 1 atom stereocenters. The standard InChI is InChI=1S/C8H12O3/c1-5-4-11-6(2)7(5)8(9)10-3/h5H,4H2,1-3H3/t5-/m0/s1. The number of ether oxygens (including phenoxy) is 2. The van der Waals surface area contributed by atoms with E-state index in [1.54, 1.807) is 6.92 Å². The Balaban J connectivity index is 2.83. The Kier molecular flexibility index (Phi) is 2.17. The molecule has 0 spiro atoms. The first-order valence-electron chi connectivity index (χ1n) is 3.58. The molecule has 0 fully saturated rings. The van der Waals surface area contributed by atoms with Crippen LogP contribution in [0.2, 0.25) is 0 Å². The van der Waals surface area contributed by atoms with Crippen molar-refractivity contribution in [3.8, 4) is 0 Å². The van der Waals surface area contributed by atoms with E-state index in [0.29, 0.717) is 17.9 Å². The van der Waals surface area contributed by atoms with E-state index in [-0.39, 0.29) is 11.9 Å². The van der Waals surface area contributed by atoms with E-state index in [1.165, 1.54) is 7.11 Å². The molecule has 0 aromatic rings. The molecule has 0 saturated heterocycles. The number of allylic oxidation sites excluding steroid dienone is 1. The lowest BCUT2D eigenvalue weighted by atomic mass is 10.0. The molecule has 0 unspecified atom stereocenters. The van der Waals surface area contributed by atoms with Crippen molar-refractivity contribution in [3.63, 3.8) is 0 Å². The first kappa shape index (κ1) is 8.11. The van der Waals surface area contributed by atoms with Crippen molar-refractivity contribution in [2.45, 2.75) is 13.8 Å². The van der Waals surface area contributed by atoms with Crippen molar-refractivity contribution in [1.82, 2.24) is 0 Å². The molecule has 3 heteroatoms. The Bertz CT molecular complexity index is 205. The molecule has 3 nitrogen and oxygen atoms in total. The highest BCUT2D eigenvalue weighted by molar-refractivity contribution is 5.89. The van der Waals surface area contributed by atoms with Crippen LogP contribution in [0, 0.1) is 5.92 Å². The maximum Gasteiger partial charge on any atom is 0.337 e. The van der Waals surface area contributed by atoms with Crippen LogP contribution >= 0.6 is 0 Å². The van der Waals surface area contributed by atoms with E-state index in [1.807, 2.05) is 6.92 Å². The fourth-order valence-corrected chi connectivity index (χ4v) is 1.21. The third kappa shape index (κ3) is 1.37. The second-order valence-electron chi connectivity index (χ2n) is 2.67. The zero-order valence-electron chi connectivity index (χ0n) is 7.01.